The Hall–Kier alpha value is -1.68. The molecule has 0 aliphatic rings. The third kappa shape index (κ3) is 3.16. The lowest BCUT2D eigenvalue weighted by atomic mass is 10.1. The summed E-state index contributed by atoms with van der Waals surface area (Å²) in [5.41, 5.74) is 8.66. The predicted molar refractivity (Wildman–Crippen MR) is 91.3 cm³/mol. The molecule has 0 aliphatic carbocycles. The summed E-state index contributed by atoms with van der Waals surface area (Å²) < 4.78 is 1.33. The number of hydrogen-bond acceptors (Lipinski definition) is 3. The van der Waals surface area contributed by atoms with Crippen LogP contribution >= 0.6 is 11.3 Å². The fraction of sp³-hybridized carbons (Fsp3) is 0.222. The second kappa shape index (κ2) is 6.39. The molecule has 0 amide bonds. The first-order valence-corrected chi connectivity index (χ1v) is 8.01. The Morgan fingerprint density at radius 3 is 2.43 bits per heavy atom. The van der Waals surface area contributed by atoms with E-state index >= 15 is 0 Å². The van der Waals surface area contributed by atoms with E-state index in [0.29, 0.717) is 6.54 Å². The van der Waals surface area contributed by atoms with Crippen LogP contribution in [0.15, 0.2) is 54.6 Å². The number of hydrogen-bond donors (Lipinski definition) is 1. The van der Waals surface area contributed by atoms with Gasteiger partial charge in [-0.3, -0.25) is 4.90 Å². The molecule has 0 aliphatic heterocycles. The maximum absolute atomic E-state index is 5.93. The molecule has 3 heteroatoms. The van der Waals surface area contributed by atoms with Crippen LogP contribution < -0.4 is 5.73 Å². The molecule has 0 spiro atoms. The number of thiophene rings is 1. The van der Waals surface area contributed by atoms with E-state index in [4.69, 9.17) is 5.73 Å². The van der Waals surface area contributed by atoms with Gasteiger partial charge in [0.2, 0.25) is 0 Å². The van der Waals surface area contributed by atoms with Crippen molar-refractivity contribution in [3.63, 3.8) is 0 Å². The van der Waals surface area contributed by atoms with E-state index in [2.05, 4.69) is 66.5 Å². The topological polar surface area (TPSA) is 29.3 Å². The van der Waals surface area contributed by atoms with Gasteiger partial charge in [-0.15, -0.1) is 11.3 Å². The summed E-state index contributed by atoms with van der Waals surface area (Å²) in [7, 11) is 2.17. The van der Waals surface area contributed by atoms with Crippen LogP contribution in [-0.2, 0) is 19.6 Å². The highest BCUT2D eigenvalue weighted by Gasteiger charge is 2.12. The van der Waals surface area contributed by atoms with Gasteiger partial charge in [0, 0.05) is 29.2 Å². The Kier molecular flexibility index (Phi) is 4.34. The average Bonchev–Trinajstić information content (AvgIpc) is 2.86. The molecule has 0 bridgehead atoms. The van der Waals surface area contributed by atoms with Gasteiger partial charge in [-0.2, -0.15) is 0 Å². The van der Waals surface area contributed by atoms with Crippen molar-refractivity contribution in [1.82, 2.24) is 4.90 Å². The Bertz CT molecular complexity index is 718. The maximum atomic E-state index is 5.93. The molecule has 21 heavy (non-hydrogen) atoms. The monoisotopic (exact) mass is 296 g/mol. The lowest BCUT2D eigenvalue weighted by Gasteiger charge is -2.17. The summed E-state index contributed by atoms with van der Waals surface area (Å²) in [6.45, 7) is 2.51. The van der Waals surface area contributed by atoms with Crippen LogP contribution in [0.4, 0.5) is 0 Å². The van der Waals surface area contributed by atoms with Crippen LogP contribution in [0.1, 0.15) is 16.0 Å². The van der Waals surface area contributed by atoms with Gasteiger partial charge in [-0.05, 0) is 29.6 Å². The number of nitrogens with zero attached hydrogens (tertiary/aromatic N) is 1. The van der Waals surface area contributed by atoms with Crippen molar-refractivity contribution in [1.29, 1.82) is 0 Å². The van der Waals surface area contributed by atoms with E-state index in [1.807, 2.05) is 11.3 Å². The third-order valence-electron chi connectivity index (χ3n) is 3.69. The predicted octanol–water partition coefficient (Wildman–Crippen LogP) is 3.99. The van der Waals surface area contributed by atoms with E-state index in [1.165, 1.54) is 26.1 Å². The first-order valence-electron chi connectivity index (χ1n) is 7.19. The molecule has 0 saturated carbocycles. The van der Waals surface area contributed by atoms with Gasteiger partial charge < -0.3 is 5.73 Å². The van der Waals surface area contributed by atoms with Crippen molar-refractivity contribution in [3.05, 3.63) is 70.6 Å². The van der Waals surface area contributed by atoms with Crippen molar-refractivity contribution in [3.8, 4) is 0 Å². The molecule has 0 radical (unpaired) electrons. The highest BCUT2D eigenvalue weighted by atomic mass is 32.1. The van der Waals surface area contributed by atoms with E-state index in [1.54, 1.807) is 0 Å². The molecule has 1 heterocycles. The van der Waals surface area contributed by atoms with Crippen molar-refractivity contribution in [2.75, 3.05) is 7.05 Å². The molecular weight excluding hydrogens is 276 g/mol. The molecular formula is C18H20N2S. The molecule has 0 unspecified atom stereocenters. The average molecular weight is 296 g/mol. The quantitative estimate of drug-likeness (QED) is 0.771. The molecule has 108 valence electrons. The molecule has 2 N–H and O–H groups in total. The Morgan fingerprint density at radius 2 is 1.67 bits per heavy atom. The highest BCUT2D eigenvalue weighted by Crippen LogP contribution is 2.31. The smallest absolute Gasteiger partial charge is 0.0349 e. The zero-order chi connectivity index (χ0) is 14.7. The summed E-state index contributed by atoms with van der Waals surface area (Å²) in [6, 6.07) is 19.2. The van der Waals surface area contributed by atoms with Crippen LogP contribution in [-0.4, -0.2) is 11.9 Å². The summed E-state index contributed by atoms with van der Waals surface area (Å²) in [4.78, 5) is 3.65. The van der Waals surface area contributed by atoms with E-state index in [9.17, 15) is 0 Å². The molecule has 2 nitrogen and oxygen atoms in total. The number of benzene rings is 2. The second-order valence-electron chi connectivity index (χ2n) is 5.36. The van der Waals surface area contributed by atoms with Crippen LogP contribution in [0.5, 0.6) is 0 Å². The Morgan fingerprint density at radius 1 is 0.952 bits per heavy atom. The molecule has 0 atom stereocenters. The second-order valence-corrected chi connectivity index (χ2v) is 6.50. The van der Waals surface area contributed by atoms with Crippen molar-refractivity contribution < 1.29 is 0 Å². The van der Waals surface area contributed by atoms with Crippen LogP contribution in [0.3, 0.4) is 0 Å². The normalized spacial score (nSPS) is 11.4. The van der Waals surface area contributed by atoms with Crippen LogP contribution in [0.2, 0.25) is 0 Å². The van der Waals surface area contributed by atoms with Gasteiger partial charge in [0.15, 0.2) is 0 Å². The van der Waals surface area contributed by atoms with E-state index in [-0.39, 0.29) is 0 Å². The van der Waals surface area contributed by atoms with Crippen molar-refractivity contribution in [2.24, 2.45) is 5.73 Å². The number of nitrogens with two attached hydrogens (primary N) is 1. The minimum absolute atomic E-state index is 0.619. The summed E-state index contributed by atoms with van der Waals surface area (Å²) in [6.07, 6.45) is 0. The summed E-state index contributed by atoms with van der Waals surface area (Å²) >= 11 is 1.82. The fourth-order valence-electron chi connectivity index (χ4n) is 2.71. The number of rotatable bonds is 5. The highest BCUT2D eigenvalue weighted by molar-refractivity contribution is 7.19. The minimum Gasteiger partial charge on any atom is -0.326 e. The van der Waals surface area contributed by atoms with Crippen molar-refractivity contribution in [2.45, 2.75) is 19.6 Å². The minimum atomic E-state index is 0.619. The Balaban J connectivity index is 1.84. The van der Waals surface area contributed by atoms with E-state index < -0.39 is 0 Å². The molecule has 1 aromatic heterocycles. The van der Waals surface area contributed by atoms with Gasteiger partial charge in [0.05, 0.1) is 0 Å². The largest absolute Gasteiger partial charge is 0.326 e. The third-order valence-corrected chi connectivity index (χ3v) is 4.93. The molecule has 0 saturated heterocycles. The first-order chi connectivity index (χ1) is 10.3. The first kappa shape index (κ1) is 14.3. The Labute approximate surface area is 129 Å². The lowest BCUT2D eigenvalue weighted by Crippen LogP contribution is -2.18. The van der Waals surface area contributed by atoms with Gasteiger partial charge >= 0.3 is 0 Å². The molecule has 2 aromatic carbocycles. The zero-order valence-corrected chi connectivity index (χ0v) is 13.1. The fourth-order valence-corrected chi connectivity index (χ4v) is 3.80. The van der Waals surface area contributed by atoms with Gasteiger partial charge in [0.25, 0.3) is 0 Å². The van der Waals surface area contributed by atoms with Gasteiger partial charge in [0.1, 0.15) is 0 Å². The van der Waals surface area contributed by atoms with Crippen LogP contribution in [0, 0.1) is 0 Å². The summed E-state index contributed by atoms with van der Waals surface area (Å²) in [5, 5.41) is 1.35. The van der Waals surface area contributed by atoms with Gasteiger partial charge in [-0.1, -0.05) is 48.5 Å². The SMILES string of the molecule is CN(Cc1ccccc1)Cc1c(CN)sc2ccccc12. The molecule has 0 fully saturated rings. The summed E-state index contributed by atoms with van der Waals surface area (Å²) in [5.74, 6) is 0. The lowest BCUT2D eigenvalue weighted by molar-refractivity contribution is 0.320. The van der Waals surface area contributed by atoms with Crippen LogP contribution in [0.25, 0.3) is 10.1 Å². The van der Waals surface area contributed by atoms with E-state index in [0.717, 1.165) is 13.1 Å². The zero-order valence-electron chi connectivity index (χ0n) is 12.3. The molecule has 3 aromatic rings. The standard InChI is InChI=1S/C18H20N2S/c1-20(12-14-7-3-2-4-8-14)13-16-15-9-5-6-10-17(15)21-18(16)11-19/h2-10H,11-13,19H2,1H3. The molecule has 3 rings (SSSR count). The van der Waals surface area contributed by atoms with Gasteiger partial charge in [-0.25, -0.2) is 0 Å². The maximum Gasteiger partial charge on any atom is 0.0349 e. The number of fused-ring (bicyclic) bond motifs is 1. The van der Waals surface area contributed by atoms with Crippen molar-refractivity contribution >= 4 is 21.4 Å².